The lowest BCUT2D eigenvalue weighted by Gasteiger charge is -2.49. The van der Waals surface area contributed by atoms with Gasteiger partial charge in [-0.05, 0) is 50.4 Å². The molecule has 0 saturated heterocycles. The first-order chi connectivity index (χ1) is 8.32. The van der Waals surface area contributed by atoms with Crippen molar-refractivity contribution in [1.29, 1.82) is 0 Å². The van der Waals surface area contributed by atoms with Crippen LogP contribution in [0.1, 0.15) is 67.7 Å². The monoisotopic (exact) mass is 269 g/mol. The molecule has 3 heteroatoms. The Morgan fingerprint density at radius 1 is 1.26 bits per heavy atom. The van der Waals surface area contributed by atoms with Crippen LogP contribution in [0.5, 0.6) is 0 Å². The summed E-state index contributed by atoms with van der Waals surface area (Å²) in [6.07, 6.45) is 2.51. The number of nitrogens with two attached hydrogens (primary N) is 1. The summed E-state index contributed by atoms with van der Waals surface area (Å²) in [4.78, 5) is 12.0. The van der Waals surface area contributed by atoms with Crippen LogP contribution in [0.15, 0.2) is 0 Å². The first-order valence-electron chi connectivity index (χ1n) is 7.30. The zero-order valence-corrected chi connectivity index (χ0v) is 13.7. The Labute approximate surface area is 118 Å². The van der Waals surface area contributed by atoms with Crippen LogP contribution in [0.2, 0.25) is 0 Å². The topological polar surface area (TPSA) is 52.3 Å². The van der Waals surface area contributed by atoms with Crippen molar-refractivity contribution in [2.75, 3.05) is 0 Å². The van der Waals surface area contributed by atoms with Crippen LogP contribution in [-0.2, 0) is 9.53 Å². The van der Waals surface area contributed by atoms with Crippen molar-refractivity contribution < 1.29 is 9.53 Å². The Morgan fingerprint density at radius 2 is 1.79 bits per heavy atom. The molecule has 0 aliphatic heterocycles. The summed E-state index contributed by atoms with van der Waals surface area (Å²) in [6.45, 7) is 14.7. The van der Waals surface area contributed by atoms with Crippen LogP contribution in [0.25, 0.3) is 0 Å². The van der Waals surface area contributed by atoms with Gasteiger partial charge in [-0.15, -0.1) is 0 Å². The van der Waals surface area contributed by atoms with Gasteiger partial charge in [0.05, 0.1) is 6.42 Å². The highest BCUT2D eigenvalue weighted by molar-refractivity contribution is 5.70. The highest BCUT2D eigenvalue weighted by Gasteiger charge is 2.45. The van der Waals surface area contributed by atoms with Crippen molar-refractivity contribution in [2.24, 2.45) is 22.5 Å². The SMILES string of the molecule is CC1(C)CC(N)C(CC(=O)OC(C)(C)C)C(C)(C)C1. The van der Waals surface area contributed by atoms with E-state index in [-0.39, 0.29) is 28.8 Å². The zero-order valence-electron chi connectivity index (χ0n) is 13.7. The molecule has 0 aromatic rings. The Kier molecular flexibility index (Phi) is 4.41. The standard InChI is InChI=1S/C16H31NO2/c1-14(2,3)19-13(18)8-11-12(17)9-15(4,5)10-16(11,6)7/h11-12H,8-10,17H2,1-7H3. The van der Waals surface area contributed by atoms with Crippen LogP contribution >= 0.6 is 0 Å². The fourth-order valence-electron chi connectivity index (χ4n) is 3.79. The maximum atomic E-state index is 12.0. The summed E-state index contributed by atoms with van der Waals surface area (Å²) in [6, 6.07) is 0.0752. The van der Waals surface area contributed by atoms with Gasteiger partial charge in [-0.3, -0.25) is 4.79 Å². The fraction of sp³-hybridized carbons (Fsp3) is 0.938. The molecular weight excluding hydrogens is 238 g/mol. The molecule has 3 nitrogen and oxygen atoms in total. The number of rotatable bonds is 2. The number of esters is 1. The Morgan fingerprint density at radius 3 is 2.21 bits per heavy atom. The maximum Gasteiger partial charge on any atom is 0.306 e. The van der Waals surface area contributed by atoms with E-state index in [0.29, 0.717) is 6.42 Å². The lowest BCUT2D eigenvalue weighted by Crippen LogP contribution is -2.50. The van der Waals surface area contributed by atoms with Crippen molar-refractivity contribution >= 4 is 5.97 Å². The molecule has 0 radical (unpaired) electrons. The molecule has 1 aliphatic rings. The molecule has 0 bridgehead atoms. The lowest BCUT2D eigenvalue weighted by molar-refractivity contribution is -0.158. The van der Waals surface area contributed by atoms with Gasteiger partial charge in [0.25, 0.3) is 0 Å². The molecule has 0 aromatic heterocycles. The summed E-state index contributed by atoms with van der Waals surface area (Å²) in [5.41, 5.74) is 6.26. The van der Waals surface area contributed by atoms with E-state index < -0.39 is 5.60 Å². The Balaban J connectivity index is 2.74. The highest BCUT2D eigenvalue weighted by atomic mass is 16.6. The highest BCUT2D eigenvalue weighted by Crippen LogP contribution is 2.49. The number of carbonyl (C=O) groups is 1. The van der Waals surface area contributed by atoms with E-state index in [1.54, 1.807) is 0 Å². The van der Waals surface area contributed by atoms with Crippen LogP contribution in [0.3, 0.4) is 0 Å². The third-order valence-electron chi connectivity index (χ3n) is 4.05. The van der Waals surface area contributed by atoms with Crippen LogP contribution < -0.4 is 5.73 Å². The first-order valence-corrected chi connectivity index (χ1v) is 7.30. The van der Waals surface area contributed by atoms with Gasteiger partial charge in [-0.2, -0.15) is 0 Å². The predicted molar refractivity (Wildman–Crippen MR) is 78.7 cm³/mol. The average molecular weight is 269 g/mol. The van der Waals surface area contributed by atoms with Crippen molar-refractivity contribution in [2.45, 2.75) is 79.4 Å². The van der Waals surface area contributed by atoms with E-state index in [1.807, 2.05) is 20.8 Å². The maximum absolute atomic E-state index is 12.0. The van der Waals surface area contributed by atoms with Gasteiger partial charge in [-0.25, -0.2) is 0 Å². The number of hydrogen-bond acceptors (Lipinski definition) is 3. The van der Waals surface area contributed by atoms with E-state index >= 15 is 0 Å². The van der Waals surface area contributed by atoms with Crippen molar-refractivity contribution in [1.82, 2.24) is 0 Å². The van der Waals surface area contributed by atoms with E-state index in [1.165, 1.54) is 0 Å². The van der Waals surface area contributed by atoms with Gasteiger partial charge in [0.15, 0.2) is 0 Å². The zero-order chi connectivity index (χ0) is 15.1. The molecule has 1 saturated carbocycles. The lowest BCUT2D eigenvalue weighted by atomic mass is 9.57. The molecule has 19 heavy (non-hydrogen) atoms. The van der Waals surface area contributed by atoms with E-state index in [9.17, 15) is 4.79 Å². The van der Waals surface area contributed by atoms with Gasteiger partial charge in [0, 0.05) is 6.04 Å². The number of carbonyl (C=O) groups excluding carboxylic acids is 1. The summed E-state index contributed by atoms with van der Waals surface area (Å²) in [5.74, 6) is 0.0797. The quantitative estimate of drug-likeness (QED) is 0.780. The minimum absolute atomic E-state index is 0.0752. The average Bonchev–Trinajstić information content (AvgIpc) is 2.05. The van der Waals surface area contributed by atoms with Gasteiger partial charge in [-0.1, -0.05) is 27.7 Å². The second-order valence-corrected chi connectivity index (χ2v) is 8.59. The molecule has 1 rings (SSSR count). The molecule has 0 aromatic carbocycles. The fourth-order valence-corrected chi connectivity index (χ4v) is 3.79. The minimum atomic E-state index is -0.417. The van der Waals surface area contributed by atoms with E-state index in [2.05, 4.69) is 27.7 Å². The van der Waals surface area contributed by atoms with Crippen molar-refractivity contribution in [3.63, 3.8) is 0 Å². The predicted octanol–water partition coefficient (Wildman–Crippen LogP) is 3.51. The third-order valence-corrected chi connectivity index (χ3v) is 4.05. The second-order valence-electron chi connectivity index (χ2n) is 8.59. The van der Waals surface area contributed by atoms with E-state index in [4.69, 9.17) is 10.5 Å². The molecule has 0 heterocycles. The Bertz CT molecular complexity index is 339. The number of hydrogen-bond donors (Lipinski definition) is 1. The van der Waals surface area contributed by atoms with Gasteiger partial charge in [0.1, 0.15) is 5.60 Å². The van der Waals surface area contributed by atoms with Crippen molar-refractivity contribution in [3.8, 4) is 0 Å². The normalized spacial score (nSPS) is 29.9. The molecule has 1 aliphatic carbocycles. The molecule has 2 N–H and O–H groups in total. The summed E-state index contributed by atoms with van der Waals surface area (Å²) >= 11 is 0. The smallest absolute Gasteiger partial charge is 0.306 e. The summed E-state index contributed by atoms with van der Waals surface area (Å²) in [5, 5.41) is 0. The Hall–Kier alpha value is -0.570. The third kappa shape index (κ3) is 4.79. The molecule has 0 spiro atoms. The largest absolute Gasteiger partial charge is 0.460 e. The minimum Gasteiger partial charge on any atom is -0.460 e. The van der Waals surface area contributed by atoms with E-state index in [0.717, 1.165) is 12.8 Å². The second kappa shape index (κ2) is 5.08. The molecule has 2 unspecified atom stereocenters. The van der Waals surface area contributed by atoms with Gasteiger partial charge in [0.2, 0.25) is 0 Å². The van der Waals surface area contributed by atoms with Crippen molar-refractivity contribution in [3.05, 3.63) is 0 Å². The molecule has 112 valence electrons. The number of ether oxygens (including phenoxy) is 1. The first kappa shape index (κ1) is 16.5. The molecule has 2 atom stereocenters. The summed E-state index contributed by atoms with van der Waals surface area (Å²) in [7, 11) is 0. The van der Waals surface area contributed by atoms with Crippen LogP contribution in [0, 0.1) is 16.7 Å². The molecule has 0 amide bonds. The van der Waals surface area contributed by atoms with Gasteiger partial charge >= 0.3 is 5.97 Å². The van der Waals surface area contributed by atoms with Crippen LogP contribution in [0.4, 0.5) is 0 Å². The van der Waals surface area contributed by atoms with Crippen LogP contribution in [-0.4, -0.2) is 17.6 Å². The summed E-state index contributed by atoms with van der Waals surface area (Å²) < 4.78 is 5.44. The van der Waals surface area contributed by atoms with Gasteiger partial charge < -0.3 is 10.5 Å². The molecular formula is C16H31NO2. The molecule has 1 fully saturated rings.